The standard InChI is InChI=1S/C17H16F2N2O3S/c18-12-8-9-15(14(19)11-12)20-17(22)16-7-4-10-21(16)25(23,24)13-5-2-1-3-6-13/h1-3,5-6,8-9,11,16H,4,7,10H2,(H,20,22). The van der Waals surface area contributed by atoms with Crippen LogP contribution in [-0.4, -0.2) is 31.2 Å². The summed E-state index contributed by atoms with van der Waals surface area (Å²) in [4.78, 5) is 12.6. The first-order chi connectivity index (χ1) is 11.9. The van der Waals surface area contributed by atoms with Crippen LogP contribution in [0.3, 0.4) is 0 Å². The highest BCUT2D eigenvalue weighted by molar-refractivity contribution is 7.89. The van der Waals surface area contributed by atoms with E-state index in [2.05, 4.69) is 5.32 Å². The number of benzene rings is 2. The maximum atomic E-state index is 13.7. The SMILES string of the molecule is O=C(Nc1ccc(F)cc1F)C1CCCN1S(=O)(=O)c1ccccc1. The molecule has 0 aromatic heterocycles. The lowest BCUT2D eigenvalue weighted by atomic mass is 10.2. The van der Waals surface area contributed by atoms with Crippen molar-refractivity contribution < 1.29 is 22.0 Å². The number of rotatable bonds is 4. The largest absolute Gasteiger partial charge is 0.322 e. The summed E-state index contributed by atoms with van der Waals surface area (Å²) in [6.45, 7) is 0.210. The summed E-state index contributed by atoms with van der Waals surface area (Å²) in [5.74, 6) is -2.31. The molecule has 1 aliphatic rings. The number of carbonyl (C=O) groups excluding carboxylic acids is 1. The highest BCUT2D eigenvalue weighted by atomic mass is 32.2. The van der Waals surface area contributed by atoms with Gasteiger partial charge in [0, 0.05) is 12.6 Å². The van der Waals surface area contributed by atoms with Crippen molar-refractivity contribution in [2.45, 2.75) is 23.8 Å². The molecule has 1 heterocycles. The van der Waals surface area contributed by atoms with E-state index in [1.54, 1.807) is 18.2 Å². The third-order valence-corrected chi connectivity index (χ3v) is 5.97. The van der Waals surface area contributed by atoms with Crippen molar-refractivity contribution in [3.8, 4) is 0 Å². The van der Waals surface area contributed by atoms with E-state index >= 15 is 0 Å². The number of sulfonamides is 1. The molecule has 0 saturated carbocycles. The van der Waals surface area contributed by atoms with Gasteiger partial charge < -0.3 is 5.32 Å². The van der Waals surface area contributed by atoms with Crippen LogP contribution in [0.2, 0.25) is 0 Å². The highest BCUT2D eigenvalue weighted by Gasteiger charge is 2.39. The molecule has 2 aromatic carbocycles. The van der Waals surface area contributed by atoms with Gasteiger partial charge in [0.05, 0.1) is 10.6 Å². The average Bonchev–Trinajstić information content (AvgIpc) is 3.09. The van der Waals surface area contributed by atoms with E-state index in [-0.39, 0.29) is 17.1 Å². The third kappa shape index (κ3) is 3.54. The Labute approximate surface area is 144 Å². The van der Waals surface area contributed by atoms with Gasteiger partial charge in [-0.05, 0) is 37.1 Å². The molecule has 1 N–H and O–H groups in total. The lowest BCUT2D eigenvalue weighted by Crippen LogP contribution is -2.43. The summed E-state index contributed by atoms with van der Waals surface area (Å²) in [6, 6.07) is 9.67. The summed E-state index contributed by atoms with van der Waals surface area (Å²) in [5.41, 5.74) is -0.185. The monoisotopic (exact) mass is 366 g/mol. The van der Waals surface area contributed by atoms with Crippen LogP contribution in [0.4, 0.5) is 14.5 Å². The lowest BCUT2D eigenvalue weighted by Gasteiger charge is -2.23. The van der Waals surface area contributed by atoms with Crippen LogP contribution in [0.5, 0.6) is 0 Å². The number of hydrogen-bond donors (Lipinski definition) is 1. The van der Waals surface area contributed by atoms with Crippen molar-refractivity contribution in [1.82, 2.24) is 4.31 Å². The van der Waals surface area contributed by atoms with Gasteiger partial charge in [-0.1, -0.05) is 18.2 Å². The molecule has 5 nitrogen and oxygen atoms in total. The first-order valence-electron chi connectivity index (χ1n) is 7.72. The van der Waals surface area contributed by atoms with E-state index in [0.29, 0.717) is 18.9 Å². The molecule has 0 radical (unpaired) electrons. The van der Waals surface area contributed by atoms with Crippen molar-refractivity contribution in [3.63, 3.8) is 0 Å². The van der Waals surface area contributed by atoms with Crippen molar-refractivity contribution in [2.75, 3.05) is 11.9 Å². The molecule has 1 amide bonds. The molecule has 1 fully saturated rings. The zero-order valence-corrected chi connectivity index (χ0v) is 14.0. The number of carbonyl (C=O) groups is 1. The Hall–Kier alpha value is -2.32. The smallest absolute Gasteiger partial charge is 0.243 e. The number of amides is 1. The summed E-state index contributed by atoms with van der Waals surface area (Å²) >= 11 is 0. The molecule has 1 aliphatic heterocycles. The van der Waals surface area contributed by atoms with Crippen LogP contribution in [0.15, 0.2) is 53.4 Å². The van der Waals surface area contributed by atoms with E-state index in [1.165, 1.54) is 12.1 Å². The fourth-order valence-corrected chi connectivity index (χ4v) is 4.50. The first-order valence-corrected chi connectivity index (χ1v) is 9.16. The number of halogens is 2. The van der Waals surface area contributed by atoms with Gasteiger partial charge in [-0.25, -0.2) is 17.2 Å². The fraction of sp³-hybridized carbons (Fsp3) is 0.235. The number of nitrogens with one attached hydrogen (secondary N) is 1. The minimum Gasteiger partial charge on any atom is -0.322 e. The molecule has 8 heteroatoms. The molecule has 132 valence electrons. The Kier molecular flexibility index (Phi) is 4.82. The maximum Gasteiger partial charge on any atom is 0.243 e. The van der Waals surface area contributed by atoms with Gasteiger partial charge >= 0.3 is 0 Å². The Balaban J connectivity index is 1.83. The minimum atomic E-state index is -3.82. The van der Waals surface area contributed by atoms with E-state index in [9.17, 15) is 22.0 Å². The Morgan fingerprint density at radius 1 is 1.12 bits per heavy atom. The molecule has 1 atom stereocenters. The Morgan fingerprint density at radius 2 is 1.84 bits per heavy atom. The molecule has 3 rings (SSSR count). The minimum absolute atomic E-state index is 0.0997. The van der Waals surface area contributed by atoms with Crippen LogP contribution in [-0.2, 0) is 14.8 Å². The highest BCUT2D eigenvalue weighted by Crippen LogP contribution is 2.27. The Morgan fingerprint density at radius 3 is 2.52 bits per heavy atom. The van der Waals surface area contributed by atoms with E-state index < -0.39 is 33.6 Å². The van der Waals surface area contributed by atoms with Crippen molar-refractivity contribution >= 4 is 21.6 Å². The molecule has 0 bridgehead atoms. The number of anilines is 1. The van der Waals surface area contributed by atoms with Gasteiger partial charge in [-0.15, -0.1) is 0 Å². The van der Waals surface area contributed by atoms with Gasteiger partial charge in [0.15, 0.2) is 0 Å². The quantitative estimate of drug-likeness (QED) is 0.905. The molecule has 1 saturated heterocycles. The van der Waals surface area contributed by atoms with Crippen LogP contribution >= 0.6 is 0 Å². The van der Waals surface area contributed by atoms with Gasteiger partial charge in [-0.2, -0.15) is 4.31 Å². The first kappa shape index (κ1) is 17.5. The van der Waals surface area contributed by atoms with Crippen LogP contribution in [0.1, 0.15) is 12.8 Å². The van der Waals surface area contributed by atoms with Gasteiger partial charge in [0.1, 0.15) is 17.7 Å². The second-order valence-corrected chi connectivity index (χ2v) is 7.59. The lowest BCUT2D eigenvalue weighted by molar-refractivity contribution is -0.119. The second-order valence-electron chi connectivity index (χ2n) is 5.70. The third-order valence-electron chi connectivity index (χ3n) is 4.05. The molecular formula is C17H16F2N2O3S. The maximum absolute atomic E-state index is 13.7. The molecule has 0 spiro atoms. The molecule has 25 heavy (non-hydrogen) atoms. The van der Waals surface area contributed by atoms with Crippen LogP contribution in [0.25, 0.3) is 0 Å². The normalized spacial score (nSPS) is 18.2. The van der Waals surface area contributed by atoms with Crippen molar-refractivity contribution in [2.24, 2.45) is 0 Å². The fourth-order valence-electron chi connectivity index (χ4n) is 2.82. The average molecular weight is 366 g/mol. The van der Waals surface area contributed by atoms with Crippen molar-refractivity contribution in [3.05, 3.63) is 60.2 Å². The van der Waals surface area contributed by atoms with Gasteiger partial charge in [-0.3, -0.25) is 4.79 Å². The second kappa shape index (κ2) is 6.89. The van der Waals surface area contributed by atoms with E-state index in [4.69, 9.17) is 0 Å². The van der Waals surface area contributed by atoms with E-state index in [1.807, 2.05) is 0 Å². The predicted molar refractivity (Wildman–Crippen MR) is 88.3 cm³/mol. The zero-order valence-electron chi connectivity index (χ0n) is 13.2. The van der Waals surface area contributed by atoms with Crippen molar-refractivity contribution in [1.29, 1.82) is 0 Å². The molecular weight excluding hydrogens is 350 g/mol. The van der Waals surface area contributed by atoms with Crippen LogP contribution < -0.4 is 5.32 Å². The van der Waals surface area contributed by atoms with Gasteiger partial charge in [0.2, 0.25) is 15.9 Å². The summed E-state index contributed by atoms with van der Waals surface area (Å²) in [6.07, 6.45) is 0.858. The van der Waals surface area contributed by atoms with E-state index in [0.717, 1.165) is 16.4 Å². The van der Waals surface area contributed by atoms with Gasteiger partial charge in [0.25, 0.3) is 0 Å². The molecule has 2 aromatic rings. The summed E-state index contributed by atoms with van der Waals surface area (Å²) in [7, 11) is -3.82. The van der Waals surface area contributed by atoms with Crippen LogP contribution in [0, 0.1) is 11.6 Å². The topological polar surface area (TPSA) is 66.5 Å². The predicted octanol–water partition coefficient (Wildman–Crippen LogP) is 2.76. The summed E-state index contributed by atoms with van der Waals surface area (Å²) in [5, 5.41) is 2.35. The summed E-state index contributed by atoms with van der Waals surface area (Å²) < 4.78 is 53.3. The Bertz CT molecular complexity index is 888. The molecule has 1 unspecified atom stereocenters. The number of hydrogen-bond acceptors (Lipinski definition) is 3. The molecule has 0 aliphatic carbocycles. The number of nitrogens with zero attached hydrogens (tertiary/aromatic N) is 1. The zero-order chi connectivity index (χ0) is 18.0.